The van der Waals surface area contributed by atoms with E-state index >= 15 is 0 Å². The molecule has 0 saturated carbocycles. The predicted octanol–water partition coefficient (Wildman–Crippen LogP) is 2.49. The molecule has 0 aliphatic rings. The zero-order valence-electron chi connectivity index (χ0n) is 8.96. The molecule has 1 heterocycles. The first kappa shape index (κ1) is 10.4. The summed E-state index contributed by atoms with van der Waals surface area (Å²) in [6, 6.07) is 7.49. The fraction of sp³-hybridized carbons (Fsp3) is 0.167. The first-order valence-electron chi connectivity index (χ1n) is 5.09. The number of carbonyl (C=O) groups is 1. The molecule has 4 heteroatoms. The van der Waals surface area contributed by atoms with Gasteiger partial charge in [0, 0.05) is 12.4 Å². The lowest BCUT2D eigenvalue weighted by molar-refractivity contribution is 0.202. The molecule has 0 aliphatic heterocycles. The van der Waals surface area contributed by atoms with Gasteiger partial charge in [-0.15, -0.1) is 0 Å². The van der Waals surface area contributed by atoms with Gasteiger partial charge in [-0.25, -0.2) is 14.3 Å². The van der Waals surface area contributed by atoms with E-state index in [-0.39, 0.29) is 0 Å². The summed E-state index contributed by atoms with van der Waals surface area (Å²) >= 11 is 0. The Morgan fingerprint density at radius 3 is 2.94 bits per heavy atom. The number of ether oxygens (including phenoxy) is 1. The molecule has 16 heavy (non-hydrogen) atoms. The summed E-state index contributed by atoms with van der Waals surface area (Å²) in [6.45, 7) is 2.02. The van der Waals surface area contributed by atoms with E-state index in [0.717, 1.165) is 12.0 Å². The quantitative estimate of drug-likeness (QED) is 0.774. The Kier molecular flexibility index (Phi) is 3.00. The van der Waals surface area contributed by atoms with Gasteiger partial charge >= 0.3 is 6.09 Å². The van der Waals surface area contributed by atoms with Crippen LogP contribution < -0.4 is 4.74 Å². The lowest BCUT2D eigenvalue weighted by Crippen LogP contribution is -2.15. The molecule has 0 amide bonds. The molecule has 0 saturated heterocycles. The molecule has 4 nitrogen and oxygen atoms in total. The zero-order chi connectivity index (χ0) is 11.4. The third-order valence-corrected chi connectivity index (χ3v) is 2.27. The predicted molar refractivity (Wildman–Crippen MR) is 59.5 cm³/mol. The van der Waals surface area contributed by atoms with Crippen LogP contribution in [0.25, 0.3) is 0 Å². The number of hydrogen-bond acceptors (Lipinski definition) is 3. The molecule has 0 fully saturated rings. The maximum atomic E-state index is 11.6. The Morgan fingerprint density at radius 1 is 1.44 bits per heavy atom. The van der Waals surface area contributed by atoms with Crippen molar-refractivity contribution in [1.29, 1.82) is 0 Å². The first-order valence-corrected chi connectivity index (χ1v) is 5.09. The third kappa shape index (κ3) is 2.11. The van der Waals surface area contributed by atoms with Crippen molar-refractivity contribution >= 4 is 6.09 Å². The number of rotatable bonds is 2. The van der Waals surface area contributed by atoms with E-state index < -0.39 is 6.09 Å². The van der Waals surface area contributed by atoms with Crippen molar-refractivity contribution in [3.63, 3.8) is 0 Å². The van der Waals surface area contributed by atoms with Crippen molar-refractivity contribution in [2.45, 2.75) is 13.3 Å². The van der Waals surface area contributed by atoms with Gasteiger partial charge in [-0.2, -0.15) is 0 Å². The molecule has 0 aliphatic carbocycles. The fourth-order valence-corrected chi connectivity index (χ4v) is 1.41. The maximum Gasteiger partial charge on any atom is 0.424 e. The molecule has 0 atom stereocenters. The van der Waals surface area contributed by atoms with Crippen LogP contribution in [0.15, 0.2) is 43.0 Å². The second-order valence-corrected chi connectivity index (χ2v) is 3.30. The van der Waals surface area contributed by atoms with E-state index in [2.05, 4.69) is 4.98 Å². The summed E-state index contributed by atoms with van der Waals surface area (Å²) in [7, 11) is 0. The Morgan fingerprint density at radius 2 is 2.25 bits per heavy atom. The zero-order valence-corrected chi connectivity index (χ0v) is 8.96. The normalized spacial score (nSPS) is 10.1. The van der Waals surface area contributed by atoms with Crippen LogP contribution in [0.5, 0.6) is 5.75 Å². The summed E-state index contributed by atoms with van der Waals surface area (Å²) in [5, 5.41) is 0. The van der Waals surface area contributed by atoms with Crippen LogP contribution in [0.2, 0.25) is 0 Å². The number of para-hydroxylation sites is 1. The number of hydrogen-bond donors (Lipinski definition) is 0. The van der Waals surface area contributed by atoms with Crippen LogP contribution >= 0.6 is 0 Å². The minimum Gasteiger partial charge on any atom is -0.409 e. The van der Waals surface area contributed by atoms with Gasteiger partial charge in [0.05, 0.1) is 0 Å². The van der Waals surface area contributed by atoms with Crippen LogP contribution in [0, 0.1) is 0 Å². The largest absolute Gasteiger partial charge is 0.424 e. The van der Waals surface area contributed by atoms with Crippen molar-refractivity contribution in [2.24, 2.45) is 0 Å². The van der Waals surface area contributed by atoms with E-state index in [1.54, 1.807) is 12.3 Å². The number of nitrogens with zero attached hydrogens (tertiary/aromatic N) is 2. The highest BCUT2D eigenvalue weighted by molar-refractivity contribution is 5.73. The number of benzene rings is 1. The second-order valence-electron chi connectivity index (χ2n) is 3.30. The van der Waals surface area contributed by atoms with E-state index in [4.69, 9.17) is 4.74 Å². The lowest BCUT2D eigenvalue weighted by atomic mass is 10.1. The topological polar surface area (TPSA) is 44.1 Å². The van der Waals surface area contributed by atoms with Gasteiger partial charge < -0.3 is 4.74 Å². The highest BCUT2D eigenvalue weighted by Crippen LogP contribution is 2.18. The fourth-order valence-electron chi connectivity index (χ4n) is 1.41. The summed E-state index contributed by atoms with van der Waals surface area (Å²) in [5.41, 5.74) is 1.01. The Labute approximate surface area is 93.5 Å². The number of carbonyl (C=O) groups excluding carboxylic acids is 1. The Balaban J connectivity index is 2.18. The van der Waals surface area contributed by atoms with Crippen molar-refractivity contribution in [3.05, 3.63) is 48.5 Å². The van der Waals surface area contributed by atoms with Gasteiger partial charge in [-0.1, -0.05) is 25.1 Å². The van der Waals surface area contributed by atoms with Crippen molar-refractivity contribution < 1.29 is 9.53 Å². The molecule has 0 radical (unpaired) electrons. The Bertz CT molecular complexity index is 478. The minimum atomic E-state index is -0.446. The summed E-state index contributed by atoms with van der Waals surface area (Å²) in [4.78, 5) is 15.4. The number of aryl methyl sites for hydroxylation is 1. The van der Waals surface area contributed by atoms with Gasteiger partial charge in [0.25, 0.3) is 0 Å². The van der Waals surface area contributed by atoms with Gasteiger partial charge in [0.2, 0.25) is 0 Å². The highest BCUT2D eigenvalue weighted by Gasteiger charge is 2.08. The molecule has 1 aromatic heterocycles. The van der Waals surface area contributed by atoms with Crippen LogP contribution in [0.3, 0.4) is 0 Å². The Hall–Kier alpha value is -2.10. The maximum absolute atomic E-state index is 11.6. The molecule has 2 rings (SSSR count). The van der Waals surface area contributed by atoms with E-state index in [1.807, 2.05) is 25.1 Å². The number of aromatic nitrogens is 2. The monoisotopic (exact) mass is 216 g/mol. The minimum absolute atomic E-state index is 0.446. The van der Waals surface area contributed by atoms with E-state index in [0.29, 0.717) is 5.75 Å². The molecule has 2 aromatic rings. The number of imidazole rings is 1. The van der Waals surface area contributed by atoms with Gasteiger partial charge in [0.1, 0.15) is 12.1 Å². The van der Waals surface area contributed by atoms with Crippen molar-refractivity contribution in [2.75, 3.05) is 0 Å². The van der Waals surface area contributed by atoms with Crippen LogP contribution in [0.4, 0.5) is 4.79 Å². The van der Waals surface area contributed by atoms with E-state index in [1.165, 1.54) is 17.1 Å². The summed E-state index contributed by atoms with van der Waals surface area (Å²) in [5.74, 6) is 0.601. The summed E-state index contributed by atoms with van der Waals surface area (Å²) in [6.07, 6.45) is 4.88. The van der Waals surface area contributed by atoms with Gasteiger partial charge in [-0.05, 0) is 18.1 Å². The smallest absolute Gasteiger partial charge is 0.409 e. The SMILES string of the molecule is CCc1ccccc1OC(=O)n1ccnc1. The summed E-state index contributed by atoms with van der Waals surface area (Å²) < 4.78 is 6.56. The lowest BCUT2D eigenvalue weighted by Gasteiger charge is -2.07. The molecule has 0 unspecified atom stereocenters. The average Bonchev–Trinajstić information content (AvgIpc) is 2.83. The molecular formula is C12H12N2O2. The van der Waals surface area contributed by atoms with Gasteiger partial charge in [0.15, 0.2) is 0 Å². The first-order chi connectivity index (χ1) is 7.81. The molecule has 0 bridgehead atoms. The average molecular weight is 216 g/mol. The molecule has 0 spiro atoms. The standard InChI is InChI=1S/C12H12N2O2/c1-2-10-5-3-4-6-11(10)16-12(15)14-8-7-13-9-14/h3-9H,2H2,1H3. The molecular weight excluding hydrogens is 204 g/mol. The third-order valence-electron chi connectivity index (χ3n) is 2.27. The van der Waals surface area contributed by atoms with Crippen molar-refractivity contribution in [1.82, 2.24) is 9.55 Å². The second kappa shape index (κ2) is 4.61. The van der Waals surface area contributed by atoms with Gasteiger partial charge in [-0.3, -0.25) is 0 Å². The van der Waals surface area contributed by atoms with Crippen LogP contribution in [-0.2, 0) is 6.42 Å². The molecule has 0 N–H and O–H groups in total. The highest BCUT2D eigenvalue weighted by atomic mass is 16.6. The van der Waals surface area contributed by atoms with Crippen LogP contribution in [-0.4, -0.2) is 15.6 Å². The molecule has 82 valence electrons. The van der Waals surface area contributed by atoms with Crippen LogP contribution in [0.1, 0.15) is 12.5 Å². The van der Waals surface area contributed by atoms with E-state index in [9.17, 15) is 4.79 Å². The molecule has 1 aromatic carbocycles. The van der Waals surface area contributed by atoms with Crippen molar-refractivity contribution in [3.8, 4) is 5.75 Å².